The fourth-order valence-corrected chi connectivity index (χ4v) is 1.61. The predicted molar refractivity (Wildman–Crippen MR) is 96.5 cm³/mol. The second-order valence-corrected chi connectivity index (χ2v) is 4.39. The third kappa shape index (κ3) is 7.00. The molecule has 0 saturated heterocycles. The normalized spacial score (nSPS) is 12.1. The van der Waals surface area contributed by atoms with E-state index in [9.17, 15) is 0 Å². The van der Waals surface area contributed by atoms with Crippen LogP contribution in [0.5, 0.6) is 5.75 Å². The molecule has 112 valence electrons. The van der Waals surface area contributed by atoms with Crippen LogP contribution < -0.4 is 15.4 Å². The highest BCUT2D eigenvalue weighted by Crippen LogP contribution is 2.23. The Morgan fingerprint density at radius 1 is 1.45 bits per heavy atom. The van der Waals surface area contributed by atoms with Crippen LogP contribution in [0.3, 0.4) is 0 Å². The fraction of sp³-hybridized carbons (Fsp3) is 0.357. The summed E-state index contributed by atoms with van der Waals surface area (Å²) in [6.07, 6.45) is 1.75. The van der Waals surface area contributed by atoms with E-state index in [4.69, 9.17) is 16.3 Å². The highest BCUT2D eigenvalue weighted by atomic mass is 127. The number of halogens is 2. The van der Waals surface area contributed by atoms with E-state index >= 15 is 0 Å². The largest absolute Gasteiger partial charge is 0.487 e. The molecule has 0 aliphatic carbocycles. The van der Waals surface area contributed by atoms with Crippen LogP contribution in [0.4, 0.5) is 0 Å². The topological polar surface area (TPSA) is 45.7 Å². The zero-order valence-corrected chi connectivity index (χ0v) is 14.8. The molecule has 0 aliphatic heterocycles. The Kier molecular flexibility index (Phi) is 10.3. The van der Waals surface area contributed by atoms with Gasteiger partial charge in [0, 0.05) is 13.6 Å². The first-order valence-electron chi connectivity index (χ1n) is 6.14. The summed E-state index contributed by atoms with van der Waals surface area (Å²) in [6, 6.07) is 7.43. The first kappa shape index (κ1) is 19.1. The van der Waals surface area contributed by atoms with Gasteiger partial charge in [0.1, 0.15) is 11.9 Å². The van der Waals surface area contributed by atoms with Gasteiger partial charge in [-0.3, -0.25) is 4.99 Å². The zero-order chi connectivity index (χ0) is 14.1. The number of hydrogen-bond donors (Lipinski definition) is 2. The van der Waals surface area contributed by atoms with Crippen LogP contribution in [0.2, 0.25) is 5.02 Å². The Labute approximate surface area is 142 Å². The lowest BCUT2D eigenvalue weighted by Crippen LogP contribution is -2.41. The molecule has 0 fully saturated rings. The average molecular weight is 410 g/mol. The third-order valence-electron chi connectivity index (χ3n) is 2.36. The summed E-state index contributed by atoms with van der Waals surface area (Å²) in [5.74, 6) is 1.40. The van der Waals surface area contributed by atoms with Crippen molar-refractivity contribution >= 4 is 41.5 Å². The van der Waals surface area contributed by atoms with E-state index in [2.05, 4.69) is 22.2 Å². The van der Waals surface area contributed by atoms with Crippen LogP contribution in [-0.2, 0) is 0 Å². The van der Waals surface area contributed by atoms with Crippen molar-refractivity contribution in [1.29, 1.82) is 0 Å². The molecule has 4 nitrogen and oxygen atoms in total. The van der Waals surface area contributed by atoms with E-state index in [0.29, 0.717) is 23.9 Å². The zero-order valence-electron chi connectivity index (χ0n) is 11.7. The summed E-state index contributed by atoms with van der Waals surface area (Å²) in [5, 5.41) is 6.87. The van der Waals surface area contributed by atoms with Crippen molar-refractivity contribution in [3.8, 4) is 5.75 Å². The molecule has 0 amide bonds. The Bertz CT molecular complexity index is 440. The van der Waals surface area contributed by atoms with Crippen molar-refractivity contribution in [2.24, 2.45) is 4.99 Å². The highest BCUT2D eigenvalue weighted by molar-refractivity contribution is 14.0. The second-order valence-electron chi connectivity index (χ2n) is 3.98. The molecule has 0 spiro atoms. The number of nitrogens with one attached hydrogen (secondary N) is 2. The average Bonchev–Trinajstić information content (AvgIpc) is 2.41. The van der Waals surface area contributed by atoms with Crippen molar-refractivity contribution in [3.05, 3.63) is 41.9 Å². The lowest BCUT2D eigenvalue weighted by Gasteiger charge is -2.18. The standard InChI is InChI=1S/C14H20ClN3O.HI/c1-4-9-17-14(16-3)18-10-11(2)19-13-8-6-5-7-12(13)15;/h4-8,11H,1,9-10H2,2-3H3,(H2,16,17,18);1H. The van der Waals surface area contributed by atoms with Crippen LogP contribution in [0, 0.1) is 0 Å². The molecule has 0 heterocycles. The maximum atomic E-state index is 6.03. The summed E-state index contributed by atoms with van der Waals surface area (Å²) >= 11 is 6.03. The van der Waals surface area contributed by atoms with Crippen LogP contribution in [0.1, 0.15) is 6.92 Å². The van der Waals surface area contributed by atoms with Crippen LogP contribution in [-0.4, -0.2) is 32.2 Å². The van der Waals surface area contributed by atoms with Crippen molar-refractivity contribution < 1.29 is 4.74 Å². The number of guanidine groups is 1. The Morgan fingerprint density at radius 3 is 2.75 bits per heavy atom. The molecular weight excluding hydrogens is 389 g/mol. The predicted octanol–water partition coefficient (Wildman–Crippen LogP) is 3.08. The fourth-order valence-electron chi connectivity index (χ4n) is 1.43. The molecule has 0 bridgehead atoms. The van der Waals surface area contributed by atoms with Gasteiger partial charge in [0.15, 0.2) is 5.96 Å². The molecule has 1 aromatic rings. The summed E-state index contributed by atoms with van der Waals surface area (Å²) in [4.78, 5) is 4.09. The summed E-state index contributed by atoms with van der Waals surface area (Å²) in [6.45, 7) is 6.91. The number of hydrogen-bond acceptors (Lipinski definition) is 2. The smallest absolute Gasteiger partial charge is 0.191 e. The molecule has 0 aromatic heterocycles. The number of benzene rings is 1. The van der Waals surface area contributed by atoms with Crippen molar-refractivity contribution in [2.45, 2.75) is 13.0 Å². The van der Waals surface area contributed by atoms with Gasteiger partial charge in [0.05, 0.1) is 11.6 Å². The number of ether oxygens (including phenoxy) is 1. The number of para-hydroxylation sites is 1. The van der Waals surface area contributed by atoms with Gasteiger partial charge < -0.3 is 15.4 Å². The minimum atomic E-state index is -0.0258. The lowest BCUT2D eigenvalue weighted by molar-refractivity contribution is 0.224. The SMILES string of the molecule is C=CCNC(=NC)NCC(C)Oc1ccccc1Cl.I. The summed E-state index contributed by atoms with van der Waals surface area (Å²) in [7, 11) is 1.72. The Balaban J connectivity index is 0.00000361. The van der Waals surface area contributed by atoms with Crippen molar-refractivity contribution in [3.63, 3.8) is 0 Å². The van der Waals surface area contributed by atoms with Gasteiger partial charge in [-0.2, -0.15) is 0 Å². The molecule has 2 N–H and O–H groups in total. The Morgan fingerprint density at radius 2 is 2.15 bits per heavy atom. The molecule has 0 aliphatic rings. The van der Waals surface area contributed by atoms with E-state index in [0.717, 1.165) is 5.96 Å². The van der Waals surface area contributed by atoms with E-state index < -0.39 is 0 Å². The minimum Gasteiger partial charge on any atom is -0.487 e. The van der Waals surface area contributed by atoms with Gasteiger partial charge >= 0.3 is 0 Å². The van der Waals surface area contributed by atoms with Gasteiger partial charge in [-0.1, -0.05) is 29.8 Å². The quantitative estimate of drug-likeness (QED) is 0.328. The molecule has 20 heavy (non-hydrogen) atoms. The maximum absolute atomic E-state index is 6.03. The molecule has 1 rings (SSSR count). The number of aliphatic imine (C=N–C) groups is 1. The molecule has 1 aromatic carbocycles. The van der Waals surface area contributed by atoms with E-state index in [-0.39, 0.29) is 30.1 Å². The molecule has 0 radical (unpaired) electrons. The molecular formula is C14H21ClIN3O. The monoisotopic (exact) mass is 409 g/mol. The third-order valence-corrected chi connectivity index (χ3v) is 2.67. The van der Waals surface area contributed by atoms with Crippen molar-refractivity contribution in [2.75, 3.05) is 20.1 Å². The van der Waals surface area contributed by atoms with E-state index in [1.165, 1.54) is 0 Å². The molecule has 6 heteroatoms. The van der Waals surface area contributed by atoms with Gasteiger partial charge in [0.25, 0.3) is 0 Å². The summed E-state index contributed by atoms with van der Waals surface area (Å²) in [5.41, 5.74) is 0. The maximum Gasteiger partial charge on any atom is 0.191 e. The van der Waals surface area contributed by atoms with E-state index in [1.807, 2.05) is 31.2 Å². The lowest BCUT2D eigenvalue weighted by atomic mass is 10.3. The van der Waals surface area contributed by atoms with Gasteiger partial charge in [-0.05, 0) is 19.1 Å². The second kappa shape index (κ2) is 10.8. The first-order valence-corrected chi connectivity index (χ1v) is 6.51. The summed E-state index contributed by atoms with van der Waals surface area (Å²) < 4.78 is 5.75. The van der Waals surface area contributed by atoms with E-state index in [1.54, 1.807) is 13.1 Å². The number of rotatable bonds is 6. The first-order chi connectivity index (χ1) is 9.17. The van der Waals surface area contributed by atoms with Crippen LogP contribution in [0.25, 0.3) is 0 Å². The highest BCUT2D eigenvalue weighted by Gasteiger charge is 2.07. The van der Waals surface area contributed by atoms with Gasteiger partial charge in [0.2, 0.25) is 0 Å². The number of nitrogens with zero attached hydrogens (tertiary/aromatic N) is 1. The van der Waals surface area contributed by atoms with Gasteiger partial charge in [-0.25, -0.2) is 0 Å². The Hall–Kier alpha value is -0.950. The van der Waals surface area contributed by atoms with Crippen LogP contribution in [0.15, 0.2) is 41.9 Å². The minimum absolute atomic E-state index is 0. The van der Waals surface area contributed by atoms with Gasteiger partial charge in [-0.15, -0.1) is 30.6 Å². The van der Waals surface area contributed by atoms with Crippen LogP contribution >= 0.6 is 35.6 Å². The molecule has 1 unspecified atom stereocenters. The molecule has 0 saturated carbocycles. The molecule has 1 atom stereocenters. The van der Waals surface area contributed by atoms with Crippen molar-refractivity contribution in [1.82, 2.24) is 10.6 Å².